The summed E-state index contributed by atoms with van der Waals surface area (Å²) in [7, 11) is 1.80. The number of hydrogen-bond acceptors (Lipinski definition) is 4. The lowest BCUT2D eigenvalue weighted by atomic mass is 10.3. The molecule has 1 N–H and O–H groups in total. The molecule has 0 unspecified atom stereocenters. The number of hydrogen-bond donors (Lipinski definition) is 1. The third-order valence-electron chi connectivity index (χ3n) is 2.74. The number of halogens is 2. The zero-order valence-corrected chi connectivity index (χ0v) is 13.0. The largest absolute Gasteiger partial charge is 0.481 e. The van der Waals surface area contributed by atoms with Crippen LogP contribution in [0, 0.1) is 0 Å². The summed E-state index contributed by atoms with van der Waals surface area (Å²) in [6, 6.07) is 4.79. The minimum Gasteiger partial charge on any atom is -0.481 e. The fourth-order valence-electron chi connectivity index (χ4n) is 1.63. The van der Waals surface area contributed by atoms with E-state index in [0.29, 0.717) is 21.6 Å². The Morgan fingerprint density at radius 2 is 2.05 bits per heavy atom. The van der Waals surface area contributed by atoms with Crippen LogP contribution in [0.25, 0.3) is 0 Å². The number of amides is 1. The molecule has 0 aliphatic heterocycles. The Kier molecular flexibility index (Phi) is 5.03. The topological polar surface area (TPSA) is 69.0 Å². The van der Waals surface area contributed by atoms with E-state index in [1.165, 1.54) is 0 Å². The van der Waals surface area contributed by atoms with Crippen LogP contribution in [0.15, 0.2) is 24.5 Å². The number of aryl methyl sites for hydroxylation is 1. The fourth-order valence-corrected chi connectivity index (χ4v) is 2.14. The second-order valence-corrected chi connectivity index (χ2v) is 5.31. The molecule has 2 aromatic rings. The van der Waals surface area contributed by atoms with Crippen LogP contribution in [0.2, 0.25) is 10.0 Å². The molecular formula is C13H14Cl2N4O2. The van der Waals surface area contributed by atoms with Crippen LogP contribution < -0.4 is 10.1 Å². The highest BCUT2D eigenvalue weighted by Crippen LogP contribution is 2.24. The average Bonchev–Trinajstić information content (AvgIpc) is 2.80. The van der Waals surface area contributed by atoms with Gasteiger partial charge in [0.25, 0.3) is 5.91 Å². The van der Waals surface area contributed by atoms with Crippen LogP contribution in [0.5, 0.6) is 5.75 Å². The monoisotopic (exact) mass is 328 g/mol. The molecule has 1 aromatic carbocycles. The maximum absolute atomic E-state index is 12.0. The predicted molar refractivity (Wildman–Crippen MR) is 79.4 cm³/mol. The molecule has 0 saturated carbocycles. The van der Waals surface area contributed by atoms with Gasteiger partial charge in [-0.05, 0) is 25.1 Å². The lowest BCUT2D eigenvalue weighted by molar-refractivity contribution is -0.127. The first-order valence-corrected chi connectivity index (χ1v) is 6.94. The summed E-state index contributed by atoms with van der Waals surface area (Å²) >= 11 is 11.8. The van der Waals surface area contributed by atoms with E-state index in [2.05, 4.69) is 15.5 Å². The van der Waals surface area contributed by atoms with Gasteiger partial charge in [-0.25, -0.2) is 0 Å². The molecule has 112 valence electrons. The van der Waals surface area contributed by atoms with Gasteiger partial charge in [0.05, 0.1) is 6.54 Å². The third-order valence-corrected chi connectivity index (χ3v) is 3.18. The summed E-state index contributed by atoms with van der Waals surface area (Å²) in [5, 5.41) is 11.2. The van der Waals surface area contributed by atoms with E-state index in [9.17, 15) is 4.79 Å². The summed E-state index contributed by atoms with van der Waals surface area (Å²) in [4.78, 5) is 12.0. The van der Waals surface area contributed by atoms with Crippen molar-refractivity contribution < 1.29 is 9.53 Å². The summed E-state index contributed by atoms with van der Waals surface area (Å²) in [5.74, 6) is 0.823. The van der Waals surface area contributed by atoms with Gasteiger partial charge in [0.2, 0.25) is 0 Å². The molecule has 21 heavy (non-hydrogen) atoms. The Hall–Kier alpha value is -1.79. The average molecular weight is 329 g/mol. The molecule has 0 radical (unpaired) electrons. The van der Waals surface area contributed by atoms with Crippen LogP contribution in [-0.4, -0.2) is 26.8 Å². The van der Waals surface area contributed by atoms with Gasteiger partial charge in [0.1, 0.15) is 12.1 Å². The molecular weight excluding hydrogens is 315 g/mol. The molecule has 0 aliphatic rings. The normalized spacial score (nSPS) is 12.0. The van der Waals surface area contributed by atoms with Crippen molar-refractivity contribution in [2.75, 3.05) is 0 Å². The fraction of sp³-hybridized carbons (Fsp3) is 0.308. The second kappa shape index (κ2) is 6.78. The summed E-state index contributed by atoms with van der Waals surface area (Å²) in [6.07, 6.45) is 0.878. The highest BCUT2D eigenvalue weighted by molar-refractivity contribution is 6.34. The van der Waals surface area contributed by atoms with Crippen molar-refractivity contribution >= 4 is 29.1 Å². The lowest BCUT2D eigenvalue weighted by Crippen LogP contribution is -2.36. The van der Waals surface area contributed by atoms with Gasteiger partial charge in [-0.1, -0.05) is 23.2 Å². The lowest BCUT2D eigenvalue weighted by Gasteiger charge is -2.15. The van der Waals surface area contributed by atoms with E-state index in [1.807, 2.05) is 0 Å². The number of nitrogens with zero attached hydrogens (tertiary/aromatic N) is 3. The maximum Gasteiger partial charge on any atom is 0.261 e. The van der Waals surface area contributed by atoms with E-state index in [1.54, 1.807) is 43.1 Å². The number of carbonyl (C=O) groups is 1. The van der Waals surface area contributed by atoms with Crippen LogP contribution in [0.4, 0.5) is 0 Å². The zero-order valence-electron chi connectivity index (χ0n) is 11.5. The zero-order chi connectivity index (χ0) is 15.4. The van der Waals surface area contributed by atoms with E-state index in [-0.39, 0.29) is 12.5 Å². The van der Waals surface area contributed by atoms with Gasteiger partial charge in [-0.2, -0.15) is 0 Å². The molecule has 6 nitrogen and oxygen atoms in total. The number of carbonyl (C=O) groups excluding carboxylic acids is 1. The Labute approximate surface area is 132 Å². The molecule has 1 aromatic heterocycles. The summed E-state index contributed by atoms with van der Waals surface area (Å²) in [6.45, 7) is 1.92. The smallest absolute Gasteiger partial charge is 0.261 e. The quantitative estimate of drug-likeness (QED) is 0.913. The van der Waals surface area contributed by atoms with E-state index in [4.69, 9.17) is 27.9 Å². The van der Waals surface area contributed by atoms with Crippen LogP contribution in [-0.2, 0) is 18.4 Å². The number of benzene rings is 1. The molecule has 0 fully saturated rings. The molecule has 0 saturated heterocycles. The van der Waals surface area contributed by atoms with Crippen molar-refractivity contribution in [3.63, 3.8) is 0 Å². The second-order valence-electron chi connectivity index (χ2n) is 4.44. The van der Waals surface area contributed by atoms with Crippen molar-refractivity contribution in [2.24, 2.45) is 7.05 Å². The Balaban J connectivity index is 1.91. The van der Waals surface area contributed by atoms with Crippen molar-refractivity contribution in [3.05, 3.63) is 40.4 Å². The minimum atomic E-state index is -0.687. The van der Waals surface area contributed by atoms with Crippen molar-refractivity contribution in [2.45, 2.75) is 19.6 Å². The van der Waals surface area contributed by atoms with Gasteiger partial charge < -0.3 is 14.6 Å². The number of aromatic nitrogens is 3. The standard InChI is InChI=1S/C13H14Cl2N4O2/c1-8(21-11-4-9(14)3-10(15)5-11)13(20)16-6-12-18-17-7-19(12)2/h3-5,7-8H,6H2,1-2H3,(H,16,20)/t8-/m0/s1. The summed E-state index contributed by atoms with van der Waals surface area (Å²) in [5.41, 5.74) is 0. The van der Waals surface area contributed by atoms with E-state index in [0.717, 1.165) is 0 Å². The van der Waals surface area contributed by atoms with Crippen LogP contribution in [0.1, 0.15) is 12.7 Å². The summed E-state index contributed by atoms with van der Waals surface area (Å²) < 4.78 is 7.24. The molecule has 2 rings (SSSR count). The van der Waals surface area contributed by atoms with Gasteiger partial charge in [-0.3, -0.25) is 4.79 Å². The van der Waals surface area contributed by atoms with Gasteiger partial charge >= 0.3 is 0 Å². The van der Waals surface area contributed by atoms with Crippen molar-refractivity contribution in [1.29, 1.82) is 0 Å². The number of ether oxygens (including phenoxy) is 1. The highest BCUT2D eigenvalue weighted by atomic mass is 35.5. The molecule has 1 heterocycles. The van der Waals surface area contributed by atoms with E-state index >= 15 is 0 Å². The minimum absolute atomic E-state index is 0.269. The van der Waals surface area contributed by atoms with Gasteiger partial charge in [0.15, 0.2) is 11.9 Å². The first-order valence-electron chi connectivity index (χ1n) is 6.19. The van der Waals surface area contributed by atoms with Gasteiger partial charge in [-0.15, -0.1) is 10.2 Å². The Bertz CT molecular complexity index is 625. The first kappa shape index (κ1) is 15.6. The van der Waals surface area contributed by atoms with Crippen LogP contribution >= 0.6 is 23.2 Å². The van der Waals surface area contributed by atoms with Crippen molar-refractivity contribution in [1.82, 2.24) is 20.1 Å². The molecule has 8 heteroatoms. The third kappa shape index (κ3) is 4.34. The first-order chi connectivity index (χ1) is 9.95. The highest BCUT2D eigenvalue weighted by Gasteiger charge is 2.15. The number of nitrogens with one attached hydrogen (secondary N) is 1. The Morgan fingerprint density at radius 1 is 1.38 bits per heavy atom. The number of rotatable bonds is 5. The molecule has 0 aliphatic carbocycles. The van der Waals surface area contributed by atoms with Crippen LogP contribution in [0.3, 0.4) is 0 Å². The van der Waals surface area contributed by atoms with E-state index < -0.39 is 6.10 Å². The molecule has 1 amide bonds. The van der Waals surface area contributed by atoms with Gasteiger partial charge in [0, 0.05) is 17.1 Å². The predicted octanol–water partition coefficient (Wildman–Crippen LogP) is 2.21. The SMILES string of the molecule is C[C@H](Oc1cc(Cl)cc(Cl)c1)C(=O)NCc1nncn1C. The van der Waals surface area contributed by atoms with Crippen molar-refractivity contribution in [3.8, 4) is 5.75 Å². The Morgan fingerprint density at radius 3 is 2.62 bits per heavy atom. The molecule has 0 spiro atoms. The molecule has 1 atom stereocenters. The maximum atomic E-state index is 12.0. The molecule has 0 bridgehead atoms.